The van der Waals surface area contributed by atoms with Gasteiger partial charge >= 0.3 is 0 Å². The van der Waals surface area contributed by atoms with Gasteiger partial charge in [-0.3, -0.25) is 0 Å². The van der Waals surface area contributed by atoms with Crippen LogP contribution in [0.3, 0.4) is 0 Å². The number of rotatable bonds is 13. The summed E-state index contributed by atoms with van der Waals surface area (Å²) in [7, 11) is 2.89. The van der Waals surface area contributed by atoms with Crippen LogP contribution in [0.15, 0.2) is 309 Å². The van der Waals surface area contributed by atoms with Gasteiger partial charge in [-0.1, -0.05) is 243 Å². The van der Waals surface area contributed by atoms with Gasteiger partial charge < -0.3 is 29.8 Å². The highest BCUT2D eigenvalue weighted by Gasteiger charge is 2.38. The molecule has 492 valence electrons. The highest BCUT2D eigenvalue weighted by atomic mass is 15.2. The lowest BCUT2D eigenvalue weighted by Gasteiger charge is -2.39. The zero-order valence-electron chi connectivity index (χ0n) is 59.6. The van der Waals surface area contributed by atoms with Gasteiger partial charge in [-0.05, 0) is 201 Å². The van der Waals surface area contributed by atoms with E-state index in [1.807, 2.05) is 0 Å². The van der Waals surface area contributed by atoms with Crippen molar-refractivity contribution in [1.29, 1.82) is 0 Å². The summed E-state index contributed by atoms with van der Waals surface area (Å²) in [6, 6.07) is 115. The Balaban J connectivity index is 1.16. The summed E-state index contributed by atoms with van der Waals surface area (Å²) in [5.74, 6) is 2.47. The van der Waals surface area contributed by atoms with Crippen molar-refractivity contribution in [3.8, 4) is 0 Å². The lowest BCUT2D eigenvalue weighted by Crippen LogP contribution is -2.58. The molecule has 2 aliphatic heterocycles. The number of benzene rings is 11. The quantitative estimate of drug-likeness (QED) is 0.116. The Morgan fingerprint density at radius 2 is 0.790 bits per heavy atom. The fourth-order valence-corrected chi connectivity index (χ4v) is 14.2. The zero-order valence-corrected chi connectivity index (χ0v) is 59.6. The molecule has 14 rings (SSSR count). The second kappa shape index (κ2) is 27.6. The molecular weight excluding hydrogens is 1210 g/mol. The van der Waals surface area contributed by atoms with E-state index in [4.69, 9.17) is 0 Å². The van der Waals surface area contributed by atoms with Crippen molar-refractivity contribution < 1.29 is 0 Å². The number of nitrogens with zero attached hydrogens (tertiary/aromatic N) is 5. The minimum Gasteiger partial charge on any atom is -0.361 e. The molecule has 2 aliphatic rings. The largest absolute Gasteiger partial charge is 0.361 e. The highest BCUT2D eigenvalue weighted by molar-refractivity contribution is 6.98. The van der Waals surface area contributed by atoms with Crippen molar-refractivity contribution in [2.45, 2.75) is 85.5 Å². The molecule has 2 heterocycles. The Labute approximate surface area is 594 Å². The fourth-order valence-electron chi connectivity index (χ4n) is 14.2. The van der Waals surface area contributed by atoms with Crippen LogP contribution < -0.4 is 62.1 Å². The molecule has 12 aromatic carbocycles. The number of para-hydroxylation sites is 6. The first kappa shape index (κ1) is 66.0. The van der Waals surface area contributed by atoms with Gasteiger partial charge in [0.15, 0.2) is 7.28 Å². The van der Waals surface area contributed by atoms with Crippen molar-refractivity contribution in [3.05, 3.63) is 342 Å². The minimum atomic E-state index is -0.335. The molecular formula is C92H88B2N6. The Hall–Kier alpha value is -11.2. The van der Waals surface area contributed by atoms with Crippen molar-refractivity contribution in [2.24, 2.45) is 0 Å². The maximum Gasteiger partial charge on any atom is 0.249 e. The van der Waals surface area contributed by atoms with Crippen LogP contribution in [0.25, 0.3) is 12.2 Å². The van der Waals surface area contributed by atoms with Gasteiger partial charge in [-0.15, -0.1) is 5.98 Å². The molecule has 0 aliphatic carbocycles. The minimum absolute atomic E-state index is 0.0125. The van der Waals surface area contributed by atoms with Crippen molar-refractivity contribution in [1.82, 2.24) is 0 Å². The summed E-state index contributed by atoms with van der Waals surface area (Å²) in [6.45, 7) is 22.4. The molecule has 0 unspecified atom stereocenters. The van der Waals surface area contributed by atoms with Crippen LogP contribution in [-0.4, -0.2) is 21.0 Å². The number of hydrogen-bond donors (Lipinski definition) is 1. The van der Waals surface area contributed by atoms with E-state index >= 15 is 0 Å². The third-order valence-corrected chi connectivity index (χ3v) is 19.7. The Morgan fingerprint density at radius 1 is 0.360 bits per heavy atom. The maximum absolute atomic E-state index is 3.91. The van der Waals surface area contributed by atoms with Gasteiger partial charge in [0.1, 0.15) is 0 Å². The predicted octanol–water partition coefficient (Wildman–Crippen LogP) is 20.2. The third-order valence-electron chi connectivity index (χ3n) is 19.7. The molecule has 100 heavy (non-hydrogen) atoms. The summed E-state index contributed by atoms with van der Waals surface area (Å²) >= 11 is 0. The third kappa shape index (κ3) is 13.7. The van der Waals surface area contributed by atoms with E-state index in [0.717, 1.165) is 101 Å². The van der Waals surface area contributed by atoms with E-state index in [-0.39, 0.29) is 23.0 Å². The zero-order chi connectivity index (χ0) is 69.3. The van der Waals surface area contributed by atoms with Crippen molar-refractivity contribution in [3.63, 3.8) is 0 Å². The lowest BCUT2D eigenvalue weighted by atomic mass is 9.34. The number of aryl methyl sites for hydroxylation is 1. The highest BCUT2D eigenvalue weighted by Crippen LogP contribution is 2.44. The van der Waals surface area contributed by atoms with Crippen LogP contribution in [0, 0.1) is 6.92 Å². The molecule has 12 aromatic rings. The average molecular weight is 1300 g/mol. The van der Waals surface area contributed by atoms with Crippen LogP contribution >= 0.6 is 0 Å². The molecule has 0 saturated carbocycles. The van der Waals surface area contributed by atoms with Crippen LogP contribution in [-0.2, 0) is 16.2 Å². The molecule has 6 nitrogen and oxygen atoms in total. The standard InChI is InChI=1S/C92H88B2N6/c1-65-40-48-75(49-41-65)97(76-50-42-68(43-51-76)90(2,3)4)79-56-57-83-89(61-79)100(74-34-22-15-23-35-74)86-39-27-25-37-82(86)94(83)84-59-66-58-80(98(77-52-44-69(45-53-77)91(5,6)7)78-54-46-70(47-55-78)92(8,9)10)62-87(99(73-32-20-14-21-33-73)85-38-26-24-36-81(85)93-63-66)67(64-95-71-28-16-12-17-29-71)60-88(84)96(11)72-30-18-13-19-31-72/h12-64,93,95H,1-11H3/b66-63+,67-64-,80-58?,84-59?,87-62?,88-60?. The maximum atomic E-state index is 3.91. The predicted molar refractivity (Wildman–Crippen MR) is 434 cm³/mol. The molecule has 0 aromatic heterocycles. The first-order valence-electron chi connectivity index (χ1n) is 35.2. The van der Waals surface area contributed by atoms with E-state index < -0.39 is 0 Å². The van der Waals surface area contributed by atoms with Gasteiger partial charge in [0.05, 0.1) is 5.69 Å². The van der Waals surface area contributed by atoms with E-state index in [1.54, 1.807) is 0 Å². The second-order valence-electron chi connectivity index (χ2n) is 29.7. The van der Waals surface area contributed by atoms with Gasteiger partial charge in [0.2, 0.25) is 6.71 Å². The molecule has 0 radical (unpaired) electrons. The molecule has 8 heteroatoms. The van der Waals surface area contributed by atoms with Gasteiger partial charge in [-0.2, -0.15) is 0 Å². The Kier molecular flexibility index (Phi) is 18.2. The van der Waals surface area contributed by atoms with Crippen molar-refractivity contribution >= 4 is 133 Å². The first-order valence-corrected chi connectivity index (χ1v) is 35.2. The summed E-state index contributed by atoms with van der Waals surface area (Å²) < 4.78 is 0. The van der Waals surface area contributed by atoms with E-state index in [9.17, 15) is 0 Å². The monoisotopic (exact) mass is 1300 g/mol. The molecule has 1 N–H and O–H groups in total. The van der Waals surface area contributed by atoms with Crippen LogP contribution in [0.1, 0.15) is 84.6 Å². The lowest BCUT2D eigenvalue weighted by molar-refractivity contribution is 0.590. The van der Waals surface area contributed by atoms with Gasteiger partial charge in [0.25, 0.3) is 0 Å². The normalized spacial score (nSPS) is 13.1. The topological polar surface area (TPSA) is 28.2 Å². The molecule has 0 spiro atoms. The second-order valence-corrected chi connectivity index (χ2v) is 29.7. The van der Waals surface area contributed by atoms with Crippen LogP contribution in [0.5, 0.6) is 0 Å². The number of fused-ring (bicyclic) bond motifs is 7. The Bertz CT molecular complexity index is 5030. The van der Waals surface area contributed by atoms with Crippen molar-refractivity contribution in [2.75, 3.05) is 36.9 Å². The fraction of sp³-hybridized carbons (Fsp3) is 0.152. The van der Waals surface area contributed by atoms with Crippen LogP contribution in [0.2, 0.25) is 0 Å². The summed E-state index contributed by atoms with van der Waals surface area (Å²) in [4.78, 5) is 12.3. The summed E-state index contributed by atoms with van der Waals surface area (Å²) in [5.41, 5.74) is 25.3. The molecule has 0 fully saturated rings. The molecule has 2 bridgehead atoms. The average Bonchev–Trinajstić information content (AvgIpc) is 0.724. The van der Waals surface area contributed by atoms with Crippen LogP contribution in [0.4, 0.5) is 85.3 Å². The Morgan fingerprint density at radius 3 is 1.33 bits per heavy atom. The number of hydrogen-bond acceptors (Lipinski definition) is 6. The summed E-state index contributed by atoms with van der Waals surface area (Å²) in [6.07, 6.45) is 2.23. The van der Waals surface area contributed by atoms with E-state index in [1.165, 1.54) is 38.6 Å². The molecule has 0 amide bonds. The molecule has 0 atom stereocenters. The summed E-state index contributed by atoms with van der Waals surface area (Å²) in [5, 5.41) is 5.93. The van der Waals surface area contributed by atoms with E-state index in [2.05, 4.69) is 428 Å². The van der Waals surface area contributed by atoms with E-state index in [0.29, 0.717) is 7.28 Å². The number of nitrogens with one attached hydrogen (secondary N) is 1. The SMILES string of the molecule is Cc1ccc(N(c2ccc(C(C)(C)C)cc2)c2ccc3c(c2)N(c2ccccc2)c2ccccc2B3c2c/c3cc(N(c4ccc(C(C)(C)C)cc4)c4ccc(C(C)(C)C)cc4)cc(/c(=C\Nc4ccccc4)cc2N(C)c2ccccc2)N(c2ccccc2)c2ccccc2B\C=3)cc1. The number of anilines is 15. The van der Waals surface area contributed by atoms with Gasteiger partial charge in [-0.25, -0.2) is 0 Å². The molecule has 0 saturated heterocycles. The smallest absolute Gasteiger partial charge is 0.249 e. The van der Waals surface area contributed by atoms with Gasteiger partial charge in [0, 0.05) is 98.1 Å². The first-order chi connectivity index (χ1) is 48.3.